The van der Waals surface area contributed by atoms with Gasteiger partial charge in [-0.05, 0) is 17.7 Å². The summed E-state index contributed by atoms with van der Waals surface area (Å²) >= 11 is 13.2. The summed E-state index contributed by atoms with van der Waals surface area (Å²) in [7, 11) is 0. The van der Waals surface area contributed by atoms with E-state index in [0.29, 0.717) is 26.3 Å². The zero-order valence-electron chi connectivity index (χ0n) is 11.7. The molecule has 8 heteroatoms. The van der Waals surface area contributed by atoms with Crippen molar-refractivity contribution in [2.24, 2.45) is 0 Å². The fourth-order valence-corrected chi connectivity index (χ4v) is 3.20. The molecular weight excluding hydrogens is 359 g/mol. The molecule has 0 bridgehead atoms. The molecule has 118 valence electrons. The average molecular weight is 369 g/mol. The molecule has 0 aliphatic rings. The highest BCUT2D eigenvalue weighted by Gasteiger charge is 2.10. The second-order valence-electron chi connectivity index (χ2n) is 4.71. The van der Waals surface area contributed by atoms with Crippen LogP contribution in [0.5, 0.6) is 0 Å². The van der Waals surface area contributed by atoms with Crippen LogP contribution in [0.2, 0.25) is 10.0 Å². The van der Waals surface area contributed by atoms with Crippen LogP contribution in [0.3, 0.4) is 0 Å². The van der Waals surface area contributed by atoms with Gasteiger partial charge in [-0.15, -0.1) is 11.3 Å². The van der Waals surface area contributed by atoms with E-state index in [0.717, 1.165) is 0 Å². The molecule has 0 spiro atoms. The van der Waals surface area contributed by atoms with Crippen LogP contribution < -0.4 is 5.56 Å². The third-order valence-electron chi connectivity index (χ3n) is 3.09. The molecular formula is C15H10Cl2N2O3S. The quantitative estimate of drug-likeness (QED) is 0.662. The normalized spacial score (nSPS) is 10.9. The van der Waals surface area contributed by atoms with Gasteiger partial charge < -0.3 is 4.74 Å². The smallest absolute Gasteiger partial charge is 0.310 e. The number of rotatable bonds is 4. The Morgan fingerprint density at radius 3 is 2.91 bits per heavy atom. The SMILES string of the molecule is O=C(Cc1ccc(Cl)cc1Cl)OCc1cc(=O)n2ccsc2n1. The van der Waals surface area contributed by atoms with E-state index in [1.807, 2.05) is 0 Å². The summed E-state index contributed by atoms with van der Waals surface area (Å²) in [6.07, 6.45) is 1.67. The van der Waals surface area contributed by atoms with Gasteiger partial charge in [0.2, 0.25) is 0 Å². The van der Waals surface area contributed by atoms with Crippen molar-refractivity contribution in [1.29, 1.82) is 0 Å². The van der Waals surface area contributed by atoms with Gasteiger partial charge in [0.15, 0.2) is 4.96 Å². The number of benzene rings is 1. The molecule has 0 atom stereocenters. The van der Waals surface area contributed by atoms with Gasteiger partial charge in [-0.2, -0.15) is 0 Å². The number of thiazole rings is 1. The Morgan fingerprint density at radius 1 is 1.30 bits per heavy atom. The molecule has 2 aromatic heterocycles. The standard InChI is InChI=1S/C15H10Cl2N2O3S/c16-10-2-1-9(12(17)6-10)5-14(21)22-8-11-7-13(20)19-3-4-23-15(19)18-11/h1-4,6-7H,5,8H2. The minimum Gasteiger partial charge on any atom is -0.459 e. The van der Waals surface area contributed by atoms with E-state index in [1.54, 1.807) is 29.8 Å². The number of carbonyl (C=O) groups is 1. The lowest BCUT2D eigenvalue weighted by atomic mass is 10.1. The molecule has 1 aromatic carbocycles. The van der Waals surface area contributed by atoms with Crippen molar-refractivity contribution in [3.05, 3.63) is 67.5 Å². The molecule has 0 aliphatic carbocycles. The summed E-state index contributed by atoms with van der Waals surface area (Å²) < 4.78 is 6.60. The lowest BCUT2D eigenvalue weighted by molar-refractivity contribution is -0.144. The Bertz CT molecular complexity index is 936. The summed E-state index contributed by atoms with van der Waals surface area (Å²) in [5, 5.41) is 2.68. The Kier molecular flexibility index (Phi) is 4.66. The van der Waals surface area contributed by atoms with Gasteiger partial charge in [0, 0.05) is 27.7 Å². The van der Waals surface area contributed by atoms with E-state index < -0.39 is 5.97 Å². The minimum absolute atomic E-state index is 0.0240. The van der Waals surface area contributed by atoms with Crippen molar-refractivity contribution in [2.75, 3.05) is 0 Å². The molecule has 3 aromatic rings. The number of hydrogen-bond acceptors (Lipinski definition) is 5. The molecule has 0 unspecified atom stereocenters. The summed E-state index contributed by atoms with van der Waals surface area (Å²) in [6, 6.07) is 6.25. The highest BCUT2D eigenvalue weighted by atomic mass is 35.5. The lowest BCUT2D eigenvalue weighted by Crippen LogP contribution is -2.15. The summed E-state index contributed by atoms with van der Waals surface area (Å²) in [6.45, 7) is -0.0618. The molecule has 3 rings (SSSR count). The second kappa shape index (κ2) is 6.70. The van der Waals surface area contributed by atoms with Crippen LogP contribution >= 0.6 is 34.5 Å². The summed E-state index contributed by atoms with van der Waals surface area (Å²) in [4.78, 5) is 28.6. The fraction of sp³-hybridized carbons (Fsp3) is 0.133. The van der Waals surface area contributed by atoms with Crippen molar-refractivity contribution in [1.82, 2.24) is 9.38 Å². The molecule has 0 saturated heterocycles. The second-order valence-corrected chi connectivity index (χ2v) is 6.43. The number of esters is 1. The van der Waals surface area contributed by atoms with E-state index in [4.69, 9.17) is 27.9 Å². The minimum atomic E-state index is -0.456. The average Bonchev–Trinajstić information content (AvgIpc) is 2.97. The number of aromatic nitrogens is 2. The first-order valence-electron chi connectivity index (χ1n) is 6.58. The van der Waals surface area contributed by atoms with E-state index in [-0.39, 0.29) is 18.6 Å². The Hall–Kier alpha value is -1.89. The predicted molar refractivity (Wildman–Crippen MR) is 89.3 cm³/mol. The van der Waals surface area contributed by atoms with E-state index in [9.17, 15) is 9.59 Å². The number of ether oxygens (including phenoxy) is 1. The number of hydrogen-bond donors (Lipinski definition) is 0. The van der Waals surface area contributed by atoms with Crippen molar-refractivity contribution < 1.29 is 9.53 Å². The van der Waals surface area contributed by atoms with Gasteiger partial charge in [0.25, 0.3) is 5.56 Å². The van der Waals surface area contributed by atoms with Gasteiger partial charge in [-0.25, -0.2) is 4.98 Å². The van der Waals surface area contributed by atoms with Gasteiger partial charge in [-0.1, -0.05) is 29.3 Å². The molecule has 0 fully saturated rings. The van der Waals surface area contributed by atoms with E-state index in [2.05, 4.69) is 4.98 Å². The zero-order valence-corrected chi connectivity index (χ0v) is 14.0. The molecule has 0 radical (unpaired) electrons. The molecule has 0 saturated carbocycles. The third kappa shape index (κ3) is 3.72. The summed E-state index contributed by atoms with van der Waals surface area (Å²) in [5.41, 5.74) is 0.832. The first kappa shape index (κ1) is 16.0. The van der Waals surface area contributed by atoms with Crippen molar-refractivity contribution in [3.63, 3.8) is 0 Å². The Morgan fingerprint density at radius 2 is 2.13 bits per heavy atom. The number of nitrogens with zero attached hydrogens (tertiary/aromatic N) is 2. The van der Waals surface area contributed by atoms with Gasteiger partial charge in [0.1, 0.15) is 6.61 Å². The van der Waals surface area contributed by atoms with Gasteiger partial charge in [-0.3, -0.25) is 14.0 Å². The van der Waals surface area contributed by atoms with Crippen LogP contribution in [-0.2, 0) is 22.6 Å². The first-order chi connectivity index (χ1) is 11.0. The summed E-state index contributed by atoms with van der Waals surface area (Å²) in [5.74, 6) is -0.456. The monoisotopic (exact) mass is 368 g/mol. The molecule has 0 N–H and O–H groups in total. The fourth-order valence-electron chi connectivity index (χ4n) is 1.99. The maximum absolute atomic E-state index is 11.9. The number of carbonyl (C=O) groups excluding carboxylic acids is 1. The van der Waals surface area contributed by atoms with Crippen LogP contribution in [0.4, 0.5) is 0 Å². The Labute approximate surface area is 145 Å². The number of fused-ring (bicyclic) bond motifs is 1. The highest BCUT2D eigenvalue weighted by Crippen LogP contribution is 2.21. The Balaban J connectivity index is 1.67. The van der Waals surface area contributed by atoms with Gasteiger partial charge in [0.05, 0.1) is 12.1 Å². The van der Waals surface area contributed by atoms with Crippen LogP contribution in [0.15, 0.2) is 40.6 Å². The number of halogens is 2. The lowest BCUT2D eigenvalue weighted by Gasteiger charge is -2.06. The van der Waals surface area contributed by atoms with Crippen LogP contribution in [-0.4, -0.2) is 15.4 Å². The zero-order chi connectivity index (χ0) is 16.4. The van der Waals surface area contributed by atoms with Crippen LogP contribution in [0, 0.1) is 0 Å². The molecule has 2 heterocycles. The highest BCUT2D eigenvalue weighted by molar-refractivity contribution is 7.15. The maximum atomic E-state index is 11.9. The molecule has 23 heavy (non-hydrogen) atoms. The van der Waals surface area contributed by atoms with E-state index in [1.165, 1.54) is 21.8 Å². The maximum Gasteiger partial charge on any atom is 0.310 e. The van der Waals surface area contributed by atoms with Crippen molar-refractivity contribution in [2.45, 2.75) is 13.0 Å². The topological polar surface area (TPSA) is 60.7 Å². The largest absolute Gasteiger partial charge is 0.459 e. The van der Waals surface area contributed by atoms with Crippen molar-refractivity contribution >= 4 is 45.5 Å². The predicted octanol–water partition coefficient (Wildman–Crippen LogP) is 3.35. The van der Waals surface area contributed by atoms with Gasteiger partial charge >= 0.3 is 5.97 Å². The molecule has 0 amide bonds. The molecule has 5 nitrogen and oxygen atoms in total. The molecule has 0 aliphatic heterocycles. The van der Waals surface area contributed by atoms with Crippen LogP contribution in [0.1, 0.15) is 11.3 Å². The van der Waals surface area contributed by atoms with E-state index >= 15 is 0 Å². The third-order valence-corrected chi connectivity index (χ3v) is 4.43. The van der Waals surface area contributed by atoms with Crippen LogP contribution in [0.25, 0.3) is 4.96 Å². The first-order valence-corrected chi connectivity index (χ1v) is 8.22. The van der Waals surface area contributed by atoms with Crippen molar-refractivity contribution in [3.8, 4) is 0 Å².